The highest BCUT2D eigenvalue weighted by Gasteiger charge is 2.28. The zero-order chi connectivity index (χ0) is 15.1. The molecular formula is C18H18N2O2. The minimum Gasteiger partial charge on any atom is -0.488 e. The lowest BCUT2D eigenvalue weighted by molar-refractivity contribution is 0.0388. The van der Waals surface area contributed by atoms with E-state index < -0.39 is 0 Å². The molecule has 4 rings (SSSR count). The van der Waals surface area contributed by atoms with Gasteiger partial charge in [-0.25, -0.2) is 0 Å². The summed E-state index contributed by atoms with van der Waals surface area (Å²) in [6.45, 7) is 2.59. The average molecular weight is 294 g/mol. The second kappa shape index (κ2) is 5.14. The maximum absolute atomic E-state index is 12.4. The lowest BCUT2D eigenvalue weighted by Gasteiger charge is -2.36. The van der Waals surface area contributed by atoms with E-state index in [0.717, 1.165) is 35.7 Å². The summed E-state index contributed by atoms with van der Waals surface area (Å²) in [5, 5.41) is 0. The van der Waals surface area contributed by atoms with Crippen LogP contribution in [-0.4, -0.2) is 37.0 Å². The normalized spacial score (nSPS) is 18.2. The number of ether oxygens (including phenoxy) is 1. The Kier molecular flexibility index (Phi) is 3.12. The fourth-order valence-electron chi connectivity index (χ4n) is 3.08. The summed E-state index contributed by atoms with van der Waals surface area (Å²) in [5.41, 5.74) is 2.81. The highest BCUT2D eigenvalue weighted by Crippen LogP contribution is 2.29. The van der Waals surface area contributed by atoms with Crippen LogP contribution in [0.25, 0.3) is 0 Å². The number of benzene rings is 2. The third kappa shape index (κ3) is 2.25. The number of nitrogens with zero attached hydrogens (tertiary/aromatic N) is 2. The maximum Gasteiger partial charge on any atom is 0.258 e. The van der Waals surface area contributed by atoms with Crippen LogP contribution in [0.1, 0.15) is 15.9 Å². The van der Waals surface area contributed by atoms with Crippen molar-refractivity contribution in [2.75, 3.05) is 25.0 Å². The van der Waals surface area contributed by atoms with E-state index >= 15 is 0 Å². The van der Waals surface area contributed by atoms with Gasteiger partial charge in [-0.05, 0) is 42.9 Å². The number of anilines is 1. The molecule has 0 bridgehead atoms. The van der Waals surface area contributed by atoms with Crippen LogP contribution in [0.15, 0.2) is 48.5 Å². The number of hydrogen-bond donors (Lipinski definition) is 0. The van der Waals surface area contributed by atoms with Crippen molar-refractivity contribution in [2.24, 2.45) is 0 Å². The third-order valence-corrected chi connectivity index (χ3v) is 4.30. The van der Waals surface area contributed by atoms with Gasteiger partial charge in [0.05, 0.1) is 6.54 Å². The molecule has 0 spiro atoms. The van der Waals surface area contributed by atoms with E-state index in [-0.39, 0.29) is 12.0 Å². The smallest absolute Gasteiger partial charge is 0.258 e. The van der Waals surface area contributed by atoms with Crippen molar-refractivity contribution in [1.82, 2.24) is 4.90 Å². The highest BCUT2D eigenvalue weighted by molar-refractivity contribution is 6.09. The van der Waals surface area contributed by atoms with Crippen molar-refractivity contribution in [2.45, 2.75) is 12.6 Å². The fourth-order valence-corrected chi connectivity index (χ4v) is 3.08. The molecule has 4 nitrogen and oxygen atoms in total. The molecule has 0 aliphatic carbocycles. The fraction of sp³-hybridized carbons (Fsp3) is 0.278. The lowest BCUT2D eigenvalue weighted by Crippen LogP contribution is -2.51. The van der Waals surface area contributed by atoms with Gasteiger partial charge >= 0.3 is 0 Å². The molecule has 0 atom stereocenters. The Morgan fingerprint density at radius 2 is 1.77 bits per heavy atom. The van der Waals surface area contributed by atoms with Gasteiger partial charge in [0.2, 0.25) is 0 Å². The first kappa shape index (κ1) is 13.3. The topological polar surface area (TPSA) is 32.8 Å². The molecule has 0 N–H and O–H groups in total. The summed E-state index contributed by atoms with van der Waals surface area (Å²) in [6, 6.07) is 15.6. The quantitative estimate of drug-likeness (QED) is 0.872. The highest BCUT2D eigenvalue weighted by atomic mass is 16.5. The molecule has 2 aliphatic rings. The van der Waals surface area contributed by atoms with E-state index in [4.69, 9.17) is 4.74 Å². The Bertz CT molecular complexity index is 705. The number of carbonyl (C=O) groups excluding carboxylic acids is 1. The van der Waals surface area contributed by atoms with E-state index in [1.165, 1.54) is 0 Å². The molecule has 112 valence electrons. The van der Waals surface area contributed by atoms with Gasteiger partial charge in [0, 0.05) is 24.3 Å². The van der Waals surface area contributed by atoms with Crippen molar-refractivity contribution in [1.29, 1.82) is 0 Å². The van der Waals surface area contributed by atoms with Gasteiger partial charge in [0.25, 0.3) is 5.91 Å². The van der Waals surface area contributed by atoms with Gasteiger partial charge in [-0.15, -0.1) is 0 Å². The van der Waals surface area contributed by atoms with Crippen molar-refractivity contribution < 1.29 is 9.53 Å². The molecule has 1 saturated heterocycles. The van der Waals surface area contributed by atoms with Crippen LogP contribution >= 0.6 is 0 Å². The molecule has 0 saturated carbocycles. The summed E-state index contributed by atoms with van der Waals surface area (Å²) in [7, 11) is 2.08. The number of likely N-dealkylation sites (tertiary alicyclic amines) is 1. The van der Waals surface area contributed by atoms with Crippen molar-refractivity contribution in [3.63, 3.8) is 0 Å². The van der Waals surface area contributed by atoms with E-state index in [9.17, 15) is 4.79 Å². The maximum atomic E-state index is 12.4. The van der Waals surface area contributed by atoms with Crippen LogP contribution in [0, 0.1) is 0 Å². The van der Waals surface area contributed by atoms with E-state index in [0.29, 0.717) is 6.54 Å². The first-order valence-electron chi connectivity index (χ1n) is 7.56. The molecule has 0 radical (unpaired) electrons. The predicted octanol–water partition coefficient (Wildman–Crippen LogP) is 2.54. The summed E-state index contributed by atoms with van der Waals surface area (Å²) in [4.78, 5) is 16.5. The number of hydrogen-bond acceptors (Lipinski definition) is 3. The number of rotatable bonds is 3. The Morgan fingerprint density at radius 3 is 2.45 bits per heavy atom. The molecule has 2 aliphatic heterocycles. The molecular weight excluding hydrogens is 276 g/mol. The summed E-state index contributed by atoms with van der Waals surface area (Å²) in [6.07, 6.45) is 0.286. The van der Waals surface area contributed by atoms with Gasteiger partial charge in [0.15, 0.2) is 0 Å². The molecule has 2 aromatic rings. The van der Waals surface area contributed by atoms with E-state index in [1.807, 2.05) is 53.4 Å². The standard InChI is InChI=1S/C18H18N2O2/c1-19-11-16(12-19)22-15-8-6-14(7-9-15)20-10-13-4-2-3-5-17(13)18(20)21/h2-9,16H,10-12H2,1H3. The Morgan fingerprint density at radius 1 is 1.05 bits per heavy atom. The van der Waals surface area contributed by atoms with E-state index in [2.05, 4.69) is 11.9 Å². The summed E-state index contributed by atoms with van der Waals surface area (Å²) in [5.74, 6) is 0.941. The molecule has 2 aromatic carbocycles. The van der Waals surface area contributed by atoms with Crippen molar-refractivity contribution >= 4 is 11.6 Å². The van der Waals surface area contributed by atoms with Gasteiger partial charge in [-0.2, -0.15) is 0 Å². The zero-order valence-electron chi connectivity index (χ0n) is 12.5. The molecule has 0 aromatic heterocycles. The molecule has 2 heterocycles. The van der Waals surface area contributed by atoms with Gasteiger partial charge in [-0.3, -0.25) is 9.69 Å². The Hall–Kier alpha value is -2.33. The van der Waals surface area contributed by atoms with Crippen LogP contribution in [-0.2, 0) is 6.54 Å². The minimum atomic E-state index is 0.0740. The average Bonchev–Trinajstić information content (AvgIpc) is 2.84. The molecule has 1 amide bonds. The predicted molar refractivity (Wildman–Crippen MR) is 85.3 cm³/mol. The molecule has 22 heavy (non-hydrogen) atoms. The monoisotopic (exact) mass is 294 g/mol. The Balaban J connectivity index is 1.49. The number of carbonyl (C=O) groups is 1. The zero-order valence-corrected chi connectivity index (χ0v) is 12.5. The van der Waals surface area contributed by atoms with Crippen LogP contribution in [0.3, 0.4) is 0 Å². The number of likely N-dealkylation sites (N-methyl/N-ethyl adjacent to an activating group) is 1. The molecule has 4 heteroatoms. The second-order valence-corrected chi connectivity index (χ2v) is 6.00. The van der Waals surface area contributed by atoms with Gasteiger partial charge in [-0.1, -0.05) is 18.2 Å². The molecule has 0 unspecified atom stereocenters. The van der Waals surface area contributed by atoms with Crippen LogP contribution in [0.5, 0.6) is 5.75 Å². The van der Waals surface area contributed by atoms with Crippen molar-refractivity contribution in [3.8, 4) is 5.75 Å². The number of amides is 1. The molecule has 1 fully saturated rings. The third-order valence-electron chi connectivity index (χ3n) is 4.30. The van der Waals surface area contributed by atoms with Crippen LogP contribution < -0.4 is 9.64 Å². The summed E-state index contributed by atoms with van der Waals surface area (Å²) < 4.78 is 5.88. The Labute approximate surface area is 129 Å². The number of fused-ring (bicyclic) bond motifs is 1. The SMILES string of the molecule is CN1CC(Oc2ccc(N3Cc4ccccc4C3=O)cc2)C1. The van der Waals surface area contributed by atoms with Crippen molar-refractivity contribution in [3.05, 3.63) is 59.7 Å². The first-order chi connectivity index (χ1) is 10.7. The van der Waals surface area contributed by atoms with Crippen LogP contribution in [0.2, 0.25) is 0 Å². The first-order valence-corrected chi connectivity index (χ1v) is 7.56. The van der Waals surface area contributed by atoms with E-state index in [1.54, 1.807) is 0 Å². The van der Waals surface area contributed by atoms with Crippen LogP contribution in [0.4, 0.5) is 5.69 Å². The summed E-state index contributed by atoms with van der Waals surface area (Å²) >= 11 is 0. The lowest BCUT2D eigenvalue weighted by atomic mass is 10.1. The minimum absolute atomic E-state index is 0.0740. The largest absolute Gasteiger partial charge is 0.488 e. The van der Waals surface area contributed by atoms with Gasteiger partial charge in [0.1, 0.15) is 11.9 Å². The second-order valence-electron chi connectivity index (χ2n) is 6.00. The van der Waals surface area contributed by atoms with Gasteiger partial charge < -0.3 is 9.64 Å².